The van der Waals surface area contributed by atoms with E-state index in [1.54, 1.807) is 0 Å². The molecule has 104 valence electrons. The fraction of sp³-hybridized carbons (Fsp3) is 0.625. The van der Waals surface area contributed by atoms with Gasteiger partial charge in [0.15, 0.2) is 0 Å². The molecule has 2 saturated heterocycles. The summed E-state index contributed by atoms with van der Waals surface area (Å²) in [6.07, 6.45) is 4.44. The van der Waals surface area contributed by atoms with Crippen LogP contribution in [0.5, 0.6) is 0 Å². The average Bonchev–Trinajstić information content (AvgIpc) is 2.78. The highest BCUT2D eigenvalue weighted by Gasteiger charge is 2.34. The van der Waals surface area contributed by atoms with Gasteiger partial charge >= 0.3 is 0 Å². The molecule has 0 radical (unpaired) electrons. The number of hydrogen-bond donors (Lipinski definition) is 1. The zero-order valence-corrected chi connectivity index (χ0v) is 11.7. The van der Waals surface area contributed by atoms with Crippen molar-refractivity contribution in [2.24, 2.45) is 5.73 Å². The number of ether oxygens (including phenoxy) is 1. The molecule has 2 fully saturated rings. The van der Waals surface area contributed by atoms with Crippen LogP contribution in [-0.4, -0.2) is 36.7 Å². The summed E-state index contributed by atoms with van der Waals surface area (Å²) in [6, 6.07) is 8.86. The van der Waals surface area contributed by atoms with Crippen molar-refractivity contribution in [1.29, 1.82) is 0 Å². The molecule has 3 rings (SSSR count). The summed E-state index contributed by atoms with van der Waals surface area (Å²) < 4.78 is 5.86. The number of nitrogens with zero attached hydrogens (tertiary/aromatic N) is 1. The van der Waals surface area contributed by atoms with E-state index >= 15 is 0 Å². The lowest BCUT2D eigenvalue weighted by atomic mass is 10.0. The quantitative estimate of drug-likeness (QED) is 0.901. The minimum Gasteiger partial charge on any atom is -0.372 e. The van der Waals surface area contributed by atoms with E-state index in [-0.39, 0.29) is 6.04 Å². The second-order valence-corrected chi connectivity index (χ2v) is 5.88. The standard InChI is InChI=1S/C16H24N2O/c1-2-12-3-5-13(6-4-12)16(17)11-18-9-14-7-8-15(10-18)19-14/h3-6,14-16H,2,7-11,17H2,1H3. The lowest BCUT2D eigenvalue weighted by molar-refractivity contribution is -0.0397. The first kappa shape index (κ1) is 13.1. The molecule has 1 aromatic rings. The molecular formula is C16H24N2O. The highest BCUT2D eigenvalue weighted by atomic mass is 16.5. The van der Waals surface area contributed by atoms with Crippen molar-refractivity contribution < 1.29 is 4.74 Å². The van der Waals surface area contributed by atoms with E-state index in [4.69, 9.17) is 10.5 Å². The number of aryl methyl sites for hydroxylation is 1. The van der Waals surface area contributed by atoms with Crippen molar-refractivity contribution in [2.75, 3.05) is 19.6 Å². The van der Waals surface area contributed by atoms with Gasteiger partial charge in [-0.25, -0.2) is 0 Å². The Balaban J connectivity index is 1.59. The van der Waals surface area contributed by atoms with Gasteiger partial charge in [0.1, 0.15) is 0 Å². The summed E-state index contributed by atoms with van der Waals surface area (Å²) in [5.74, 6) is 0. The van der Waals surface area contributed by atoms with Gasteiger partial charge in [-0.1, -0.05) is 31.2 Å². The predicted molar refractivity (Wildman–Crippen MR) is 77.1 cm³/mol. The molecule has 3 heteroatoms. The third-order valence-electron chi connectivity index (χ3n) is 4.39. The third-order valence-corrected chi connectivity index (χ3v) is 4.39. The highest BCUT2D eigenvalue weighted by molar-refractivity contribution is 5.25. The summed E-state index contributed by atoms with van der Waals surface area (Å²) in [7, 11) is 0. The van der Waals surface area contributed by atoms with Crippen LogP contribution < -0.4 is 5.73 Å². The molecule has 2 aliphatic heterocycles. The SMILES string of the molecule is CCc1ccc(C(N)CN2CC3CCC(C2)O3)cc1. The van der Waals surface area contributed by atoms with Crippen LogP contribution in [0.15, 0.2) is 24.3 Å². The van der Waals surface area contributed by atoms with Gasteiger partial charge in [0.2, 0.25) is 0 Å². The van der Waals surface area contributed by atoms with Crippen molar-refractivity contribution in [3.63, 3.8) is 0 Å². The molecule has 0 aromatic heterocycles. The lowest BCUT2D eigenvalue weighted by Crippen LogP contribution is -2.45. The molecule has 0 aliphatic carbocycles. The molecule has 0 saturated carbocycles. The maximum Gasteiger partial charge on any atom is 0.0707 e. The average molecular weight is 260 g/mol. The molecule has 19 heavy (non-hydrogen) atoms. The van der Waals surface area contributed by atoms with Gasteiger partial charge in [-0.05, 0) is 30.4 Å². The zero-order chi connectivity index (χ0) is 13.2. The van der Waals surface area contributed by atoms with Crippen LogP contribution in [0.4, 0.5) is 0 Å². The smallest absolute Gasteiger partial charge is 0.0707 e. The van der Waals surface area contributed by atoms with Gasteiger partial charge in [-0.15, -0.1) is 0 Å². The van der Waals surface area contributed by atoms with Gasteiger partial charge in [0.25, 0.3) is 0 Å². The second-order valence-electron chi connectivity index (χ2n) is 5.88. The summed E-state index contributed by atoms with van der Waals surface area (Å²) in [6.45, 7) is 5.23. The van der Waals surface area contributed by atoms with Crippen LogP contribution in [-0.2, 0) is 11.2 Å². The number of morpholine rings is 1. The summed E-state index contributed by atoms with van der Waals surface area (Å²) >= 11 is 0. The van der Waals surface area contributed by atoms with E-state index in [0.717, 1.165) is 26.1 Å². The Morgan fingerprint density at radius 3 is 2.42 bits per heavy atom. The first-order valence-corrected chi connectivity index (χ1v) is 7.47. The highest BCUT2D eigenvalue weighted by Crippen LogP contribution is 2.27. The summed E-state index contributed by atoms with van der Waals surface area (Å²) in [4.78, 5) is 2.48. The Hall–Kier alpha value is -0.900. The second kappa shape index (κ2) is 5.61. The van der Waals surface area contributed by atoms with E-state index in [2.05, 4.69) is 36.1 Å². The molecule has 3 nitrogen and oxygen atoms in total. The fourth-order valence-corrected chi connectivity index (χ4v) is 3.23. The lowest BCUT2D eigenvalue weighted by Gasteiger charge is -2.33. The van der Waals surface area contributed by atoms with Crippen LogP contribution in [0, 0.1) is 0 Å². The van der Waals surface area contributed by atoms with Crippen molar-refractivity contribution in [1.82, 2.24) is 4.90 Å². The molecule has 1 aromatic carbocycles. The first-order valence-electron chi connectivity index (χ1n) is 7.47. The Morgan fingerprint density at radius 2 is 1.84 bits per heavy atom. The molecular weight excluding hydrogens is 236 g/mol. The third kappa shape index (κ3) is 2.99. The van der Waals surface area contributed by atoms with E-state index < -0.39 is 0 Å². The molecule has 2 bridgehead atoms. The van der Waals surface area contributed by atoms with E-state index in [1.165, 1.54) is 24.0 Å². The zero-order valence-electron chi connectivity index (χ0n) is 11.7. The monoisotopic (exact) mass is 260 g/mol. The van der Waals surface area contributed by atoms with E-state index in [9.17, 15) is 0 Å². The molecule has 2 aliphatic rings. The fourth-order valence-electron chi connectivity index (χ4n) is 3.23. The maximum absolute atomic E-state index is 6.35. The van der Waals surface area contributed by atoms with E-state index in [0.29, 0.717) is 12.2 Å². The number of nitrogens with two attached hydrogens (primary N) is 1. The van der Waals surface area contributed by atoms with Crippen LogP contribution in [0.2, 0.25) is 0 Å². The molecule has 0 spiro atoms. The molecule has 3 unspecified atom stereocenters. The largest absolute Gasteiger partial charge is 0.372 e. The number of hydrogen-bond acceptors (Lipinski definition) is 3. The van der Waals surface area contributed by atoms with Crippen LogP contribution in [0.1, 0.15) is 36.9 Å². The number of fused-ring (bicyclic) bond motifs is 2. The summed E-state index contributed by atoms with van der Waals surface area (Å²) in [5.41, 5.74) is 8.97. The van der Waals surface area contributed by atoms with Crippen molar-refractivity contribution in [2.45, 2.75) is 44.4 Å². The van der Waals surface area contributed by atoms with Crippen LogP contribution in [0.3, 0.4) is 0 Å². The Bertz CT molecular complexity index is 405. The molecule has 0 amide bonds. The number of rotatable bonds is 4. The topological polar surface area (TPSA) is 38.5 Å². The van der Waals surface area contributed by atoms with E-state index in [1.807, 2.05) is 0 Å². The van der Waals surface area contributed by atoms with Gasteiger partial charge in [0.05, 0.1) is 12.2 Å². The molecule has 3 atom stereocenters. The van der Waals surface area contributed by atoms with Crippen molar-refractivity contribution in [3.8, 4) is 0 Å². The minimum atomic E-state index is 0.114. The molecule has 2 N–H and O–H groups in total. The van der Waals surface area contributed by atoms with Crippen molar-refractivity contribution in [3.05, 3.63) is 35.4 Å². The Labute approximate surface area is 115 Å². The van der Waals surface area contributed by atoms with Crippen molar-refractivity contribution >= 4 is 0 Å². The normalized spacial score (nSPS) is 28.5. The summed E-state index contributed by atoms with van der Waals surface area (Å²) in [5, 5.41) is 0. The minimum absolute atomic E-state index is 0.114. The van der Waals surface area contributed by atoms with Crippen LogP contribution >= 0.6 is 0 Å². The van der Waals surface area contributed by atoms with Gasteiger partial charge in [-0.3, -0.25) is 4.90 Å². The Morgan fingerprint density at radius 1 is 1.21 bits per heavy atom. The maximum atomic E-state index is 6.35. The first-order chi connectivity index (χ1) is 9.24. The van der Waals surface area contributed by atoms with Gasteiger partial charge in [0, 0.05) is 25.7 Å². The van der Waals surface area contributed by atoms with Crippen LogP contribution in [0.25, 0.3) is 0 Å². The molecule has 2 heterocycles. The number of likely N-dealkylation sites (tertiary alicyclic amines) is 1. The van der Waals surface area contributed by atoms with Gasteiger partial charge < -0.3 is 10.5 Å². The number of benzene rings is 1. The van der Waals surface area contributed by atoms with Gasteiger partial charge in [-0.2, -0.15) is 0 Å². The Kier molecular flexibility index (Phi) is 3.87. The predicted octanol–water partition coefficient (Wildman–Crippen LogP) is 2.11.